The van der Waals surface area contributed by atoms with Crippen LogP contribution in [0, 0.1) is 11.8 Å². The first-order valence-electron chi connectivity index (χ1n) is 11.7. The van der Waals surface area contributed by atoms with Gasteiger partial charge >= 0.3 is 0 Å². The Hall–Kier alpha value is -1.73. The highest BCUT2D eigenvalue weighted by Crippen LogP contribution is 2.46. The summed E-state index contributed by atoms with van der Waals surface area (Å²) >= 11 is 0. The summed E-state index contributed by atoms with van der Waals surface area (Å²) in [6.07, 6.45) is 6.43. The fraction of sp³-hybridized carbons (Fsp3) is 0.640. The summed E-state index contributed by atoms with van der Waals surface area (Å²) in [5, 5.41) is 34.3. The predicted molar refractivity (Wildman–Crippen MR) is 119 cm³/mol. The van der Waals surface area contributed by atoms with E-state index in [-0.39, 0.29) is 30.0 Å². The van der Waals surface area contributed by atoms with E-state index in [1.807, 2.05) is 49.4 Å². The number of amides is 1. The lowest BCUT2D eigenvalue weighted by Gasteiger charge is -2.21. The molecule has 1 heterocycles. The SMILES string of the molecule is CCNC(=O)CCC/C=C\C[C@@H]1[C@@H]([C@H]2O[C@@H]2[C@@H](O)CCc2ccccc2)[C@H](O)C[C@@H]1O. The maximum Gasteiger partial charge on any atom is 0.219 e. The van der Waals surface area contributed by atoms with Crippen LogP contribution in [0.15, 0.2) is 42.5 Å². The Balaban J connectivity index is 1.44. The summed E-state index contributed by atoms with van der Waals surface area (Å²) in [4.78, 5) is 11.5. The van der Waals surface area contributed by atoms with Crippen molar-refractivity contribution < 1.29 is 24.9 Å². The number of benzene rings is 1. The summed E-state index contributed by atoms with van der Waals surface area (Å²) in [6.45, 7) is 2.56. The highest BCUT2D eigenvalue weighted by molar-refractivity contribution is 5.75. The molecule has 0 bridgehead atoms. The second-order valence-corrected chi connectivity index (χ2v) is 8.82. The highest BCUT2D eigenvalue weighted by Gasteiger charge is 2.57. The summed E-state index contributed by atoms with van der Waals surface area (Å²) in [5.74, 6) is -0.162. The maximum absolute atomic E-state index is 11.5. The molecule has 3 rings (SSSR count). The molecule has 0 aromatic heterocycles. The molecule has 6 nitrogen and oxygen atoms in total. The molecule has 7 atom stereocenters. The number of ether oxygens (including phenoxy) is 1. The van der Waals surface area contributed by atoms with E-state index in [1.165, 1.54) is 5.56 Å². The van der Waals surface area contributed by atoms with Crippen LogP contribution in [-0.2, 0) is 16.0 Å². The van der Waals surface area contributed by atoms with E-state index in [2.05, 4.69) is 5.32 Å². The van der Waals surface area contributed by atoms with E-state index < -0.39 is 18.3 Å². The fourth-order valence-electron chi connectivity index (χ4n) is 4.81. The van der Waals surface area contributed by atoms with Crippen molar-refractivity contribution >= 4 is 5.91 Å². The van der Waals surface area contributed by atoms with Gasteiger partial charge < -0.3 is 25.4 Å². The summed E-state index contributed by atoms with van der Waals surface area (Å²) < 4.78 is 5.80. The molecule has 6 heteroatoms. The van der Waals surface area contributed by atoms with E-state index >= 15 is 0 Å². The van der Waals surface area contributed by atoms with Crippen molar-refractivity contribution in [3.05, 3.63) is 48.0 Å². The standard InChI is InChI=1S/C25H37NO5/c1-2-26-22(30)13-9-4-3-8-12-18-20(28)16-21(29)23(18)25-24(31-25)19(27)15-14-17-10-6-5-7-11-17/h3,5-8,10-11,18-21,23-25,27-29H,2,4,9,12-16H2,1H3,(H,26,30)/b8-3-/t18-,19-,20-,21+,23+,24+,25+/m0/s1. The van der Waals surface area contributed by atoms with Crippen LogP contribution >= 0.6 is 0 Å². The monoisotopic (exact) mass is 431 g/mol. The van der Waals surface area contributed by atoms with Crippen molar-refractivity contribution in [3.63, 3.8) is 0 Å². The number of aliphatic hydroxyl groups excluding tert-OH is 3. The lowest BCUT2D eigenvalue weighted by atomic mass is 9.85. The lowest BCUT2D eigenvalue weighted by molar-refractivity contribution is -0.121. The first kappa shape index (κ1) is 23.9. The van der Waals surface area contributed by atoms with Crippen molar-refractivity contribution in [1.82, 2.24) is 5.32 Å². The number of carbonyl (C=O) groups excluding carboxylic acids is 1. The van der Waals surface area contributed by atoms with Crippen LogP contribution in [0.4, 0.5) is 0 Å². The molecule has 1 aromatic carbocycles. The fourth-order valence-corrected chi connectivity index (χ4v) is 4.81. The van der Waals surface area contributed by atoms with Gasteiger partial charge in [0.1, 0.15) is 6.10 Å². The predicted octanol–water partition coefficient (Wildman–Crippen LogP) is 2.36. The highest BCUT2D eigenvalue weighted by atomic mass is 16.6. The van der Waals surface area contributed by atoms with Crippen LogP contribution in [-0.4, -0.2) is 58.3 Å². The minimum atomic E-state index is -0.609. The van der Waals surface area contributed by atoms with Crippen molar-refractivity contribution in [2.24, 2.45) is 11.8 Å². The first-order valence-corrected chi connectivity index (χ1v) is 11.7. The molecule has 1 saturated carbocycles. The quantitative estimate of drug-likeness (QED) is 0.231. The van der Waals surface area contributed by atoms with Gasteiger partial charge in [-0.05, 0) is 56.9 Å². The van der Waals surface area contributed by atoms with Crippen LogP contribution in [0.3, 0.4) is 0 Å². The molecule has 172 valence electrons. The zero-order valence-electron chi connectivity index (χ0n) is 18.4. The topological polar surface area (TPSA) is 102 Å². The van der Waals surface area contributed by atoms with Gasteiger partial charge in [0.2, 0.25) is 5.91 Å². The van der Waals surface area contributed by atoms with Crippen LogP contribution in [0.25, 0.3) is 0 Å². The zero-order valence-corrected chi connectivity index (χ0v) is 18.4. The molecule has 2 fully saturated rings. The third-order valence-electron chi connectivity index (χ3n) is 6.53. The minimum Gasteiger partial charge on any atom is -0.393 e. The van der Waals surface area contributed by atoms with Crippen LogP contribution in [0.5, 0.6) is 0 Å². The largest absolute Gasteiger partial charge is 0.393 e. The molecule has 0 radical (unpaired) electrons. The molecule has 1 aliphatic heterocycles. The van der Waals surface area contributed by atoms with Gasteiger partial charge in [0.15, 0.2) is 0 Å². The number of rotatable bonds is 12. The number of carbonyl (C=O) groups is 1. The van der Waals surface area contributed by atoms with E-state index in [9.17, 15) is 20.1 Å². The smallest absolute Gasteiger partial charge is 0.219 e. The van der Waals surface area contributed by atoms with Crippen molar-refractivity contribution in [2.75, 3.05) is 6.54 Å². The molecule has 4 N–H and O–H groups in total. The van der Waals surface area contributed by atoms with Crippen molar-refractivity contribution in [2.45, 2.75) is 82.4 Å². The second-order valence-electron chi connectivity index (χ2n) is 8.82. The molecular weight excluding hydrogens is 394 g/mol. The Kier molecular flexibility index (Phi) is 9.08. The molecule has 31 heavy (non-hydrogen) atoms. The second kappa shape index (κ2) is 11.8. The Morgan fingerprint density at radius 2 is 2.00 bits per heavy atom. The van der Waals surface area contributed by atoms with Crippen molar-refractivity contribution in [1.29, 1.82) is 0 Å². The van der Waals surface area contributed by atoms with Crippen LogP contribution < -0.4 is 5.32 Å². The summed E-state index contributed by atoms with van der Waals surface area (Å²) in [7, 11) is 0. The number of epoxide rings is 1. The Morgan fingerprint density at radius 1 is 1.23 bits per heavy atom. The summed E-state index contributed by atoms with van der Waals surface area (Å²) in [5.41, 5.74) is 1.19. The molecule has 2 aliphatic rings. The third-order valence-corrected chi connectivity index (χ3v) is 6.53. The number of aryl methyl sites for hydroxylation is 1. The van der Waals surface area contributed by atoms with Gasteiger partial charge in [-0.3, -0.25) is 4.79 Å². The van der Waals surface area contributed by atoms with Gasteiger partial charge in [-0.1, -0.05) is 42.5 Å². The molecular formula is C25H37NO5. The lowest BCUT2D eigenvalue weighted by Crippen LogP contribution is -2.30. The molecule has 0 unspecified atom stereocenters. The Morgan fingerprint density at radius 3 is 2.74 bits per heavy atom. The average Bonchev–Trinajstić information content (AvgIpc) is 3.49. The Bertz CT molecular complexity index is 709. The van der Waals surface area contributed by atoms with Crippen molar-refractivity contribution in [3.8, 4) is 0 Å². The number of aliphatic hydroxyl groups is 3. The normalized spacial score (nSPS) is 31.1. The molecule has 0 spiro atoms. The average molecular weight is 432 g/mol. The number of nitrogens with one attached hydrogen (secondary N) is 1. The minimum absolute atomic E-state index is 0.0769. The van der Waals surface area contributed by atoms with Gasteiger partial charge in [-0.15, -0.1) is 0 Å². The van der Waals surface area contributed by atoms with Crippen LogP contribution in [0.2, 0.25) is 0 Å². The maximum atomic E-state index is 11.5. The van der Waals surface area contributed by atoms with E-state index in [0.717, 1.165) is 19.3 Å². The van der Waals surface area contributed by atoms with Gasteiger partial charge in [0.05, 0.1) is 24.4 Å². The Labute approximate surface area is 185 Å². The summed E-state index contributed by atoms with van der Waals surface area (Å²) in [6, 6.07) is 10.1. The number of hydrogen-bond acceptors (Lipinski definition) is 5. The number of hydrogen-bond donors (Lipinski definition) is 4. The van der Waals surface area contributed by atoms with E-state index in [0.29, 0.717) is 32.2 Å². The van der Waals surface area contributed by atoms with Gasteiger partial charge in [-0.2, -0.15) is 0 Å². The molecule has 1 amide bonds. The first-order chi connectivity index (χ1) is 15.0. The number of allylic oxidation sites excluding steroid dienone is 2. The zero-order chi connectivity index (χ0) is 22.2. The number of unbranched alkanes of at least 4 members (excludes halogenated alkanes) is 1. The van der Waals surface area contributed by atoms with E-state index in [4.69, 9.17) is 4.74 Å². The molecule has 1 aliphatic carbocycles. The third kappa shape index (κ3) is 6.88. The van der Waals surface area contributed by atoms with Crippen LogP contribution in [0.1, 0.15) is 51.0 Å². The van der Waals surface area contributed by atoms with Gasteiger partial charge in [0, 0.05) is 18.9 Å². The molecule has 1 saturated heterocycles. The van der Waals surface area contributed by atoms with E-state index in [1.54, 1.807) is 0 Å². The van der Waals surface area contributed by atoms with Gasteiger partial charge in [-0.25, -0.2) is 0 Å². The van der Waals surface area contributed by atoms with Gasteiger partial charge in [0.25, 0.3) is 0 Å². The molecule has 1 aromatic rings.